The first-order chi connectivity index (χ1) is 11.8. The molecule has 0 amide bonds. The maximum atomic E-state index is 13.6. The Balaban J connectivity index is 1.83. The molecule has 0 aromatic heterocycles. The van der Waals surface area contributed by atoms with E-state index in [9.17, 15) is 14.0 Å². The molecule has 134 valence electrons. The molecule has 1 saturated heterocycles. The first-order valence-corrected chi connectivity index (χ1v) is 8.42. The Kier molecular flexibility index (Phi) is 4.90. The average Bonchev–Trinajstić information content (AvgIpc) is 3.02. The average molecular weight is 348 g/mol. The van der Waals surface area contributed by atoms with Crippen molar-refractivity contribution in [3.63, 3.8) is 0 Å². The maximum Gasteiger partial charge on any atom is 0.348 e. The van der Waals surface area contributed by atoms with Gasteiger partial charge in [0.1, 0.15) is 11.4 Å². The van der Waals surface area contributed by atoms with Gasteiger partial charge in [0, 0.05) is 13.8 Å². The van der Waals surface area contributed by atoms with Crippen molar-refractivity contribution in [3.8, 4) is 0 Å². The van der Waals surface area contributed by atoms with E-state index in [1.54, 1.807) is 0 Å². The van der Waals surface area contributed by atoms with Crippen LogP contribution >= 0.6 is 0 Å². The summed E-state index contributed by atoms with van der Waals surface area (Å²) < 4.78 is 29.6. The lowest BCUT2D eigenvalue weighted by Crippen LogP contribution is -2.41. The Bertz CT molecular complexity index is 695. The van der Waals surface area contributed by atoms with Gasteiger partial charge in [0.2, 0.25) is 0 Å². The first kappa shape index (κ1) is 17.6. The summed E-state index contributed by atoms with van der Waals surface area (Å²) in [4.78, 5) is 24.1. The summed E-state index contributed by atoms with van der Waals surface area (Å²) in [5.41, 5.74) is 0.890. The van der Waals surface area contributed by atoms with Crippen LogP contribution in [0.5, 0.6) is 0 Å². The maximum absolute atomic E-state index is 13.6. The lowest BCUT2D eigenvalue weighted by molar-refractivity contribution is -0.222. The van der Waals surface area contributed by atoms with Crippen LogP contribution in [0.25, 0.3) is 6.08 Å². The molecule has 0 unspecified atom stereocenters. The van der Waals surface area contributed by atoms with E-state index in [0.717, 1.165) is 25.7 Å². The van der Waals surface area contributed by atoms with Crippen LogP contribution in [0.2, 0.25) is 0 Å². The van der Waals surface area contributed by atoms with Crippen molar-refractivity contribution < 1.29 is 28.2 Å². The molecule has 2 fully saturated rings. The molecule has 1 heterocycles. The van der Waals surface area contributed by atoms with E-state index in [1.165, 1.54) is 38.1 Å². The van der Waals surface area contributed by atoms with E-state index in [1.807, 2.05) is 0 Å². The van der Waals surface area contributed by atoms with E-state index in [4.69, 9.17) is 14.2 Å². The molecule has 0 atom stereocenters. The molecular formula is C19H21FO5. The third-order valence-corrected chi connectivity index (χ3v) is 4.30. The largest absolute Gasteiger partial charge is 0.419 e. The molecule has 0 N–H and O–H groups in total. The number of cyclic esters (lactones) is 2. The molecule has 1 aliphatic heterocycles. The second kappa shape index (κ2) is 6.96. The van der Waals surface area contributed by atoms with E-state index >= 15 is 0 Å². The zero-order chi connectivity index (χ0) is 18.0. The zero-order valence-corrected chi connectivity index (χ0v) is 14.3. The molecular weight excluding hydrogens is 327 g/mol. The molecule has 2 aliphatic rings. The van der Waals surface area contributed by atoms with Gasteiger partial charge in [-0.2, -0.15) is 0 Å². The van der Waals surface area contributed by atoms with Crippen LogP contribution in [-0.4, -0.2) is 23.8 Å². The van der Waals surface area contributed by atoms with Crippen molar-refractivity contribution in [2.75, 3.05) is 0 Å². The van der Waals surface area contributed by atoms with Crippen LogP contribution in [0, 0.1) is 5.82 Å². The number of ether oxygens (including phenoxy) is 3. The number of carbonyl (C=O) groups excluding carboxylic acids is 2. The third kappa shape index (κ3) is 4.25. The quantitative estimate of drug-likeness (QED) is 0.473. The van der Waals surface area contributed by atoms with E-state index in [0.29, 0.717) is 11.1 Å². The van der Waals surface area contributed by atoms with E-state index in [-0.39, 0.29) is 18.3 Å². The summed E-state index contributed by atoms with van der Waals surface area (Å²) in [5, 5.41) is 0. The summed E-state index contributed by atoms with van der Waals surface area (Å²) in [6.45, 7) is 3.19. The fourth-order valence-electron chi connectivity index (χ4n) is 3.04. The van der Waals surface area contributed by atoms with Gasteiger partial charge < -0.3 is 14.2 Å². The van der Waals surface area contributed by atoms with Crippen molar-refractivity contribution in [1.29, 1.82) is 0 Å². The van der Waals surface area contributed by atoms with Gasteiger partial charge >= 0.3 is 11.9 Å². The molecule has 1 aromatic rings. The molecule has 6 heteroatoms. The van der Waals surface area contributed by atoms with Crippen LogP contribution in [-0.2, 0) is 30.4 Å². The second-order valence-electron chi connectivity index (χ2n) is 6.80. The van der Waals surface area contributed by atoms with Crippen LogP contribution in [0.15, 0.2) is 23.8 Å². The van der Waals surface area contributed by atoms with Gasteiger partial charge in [0.15, 0.2) is 0 Å². The van der Waals surface area contributed by atoms with Gasteiger partial charge in [-0.1, -0.05) is 18.9 Å². The lowest BCUT2D eigenvalue weighted by Gasteiger charge is -2.29. The Morgan fingerprint density at radius 2 is 1.84 bits per heavy atom. The summed E-state index contributed by atoms with van der Waals surface area (Å²) >= 11 is 0. The monoisotopic (exact) mass is 348 g/mol. The number of hydrogen-bond donors (Lipinski definition) is 0. The molecule has 0 bridgehead atoms. The normalized spacial score (nSPS) is 20.4. The highest BCUT2D eigenvalue weighted by molar-refractivity contribution is 6.18. The molecule has 1 saturated carbocycles. The van der Waals surface area contributed by atoms with Gasteiger partial charge in [0.25, 0.3) is 5.79 Å². The standard InChI is InChI=1S/C19H21FO5/c1-19(2)24-17(21)16(18(22)25-19)10-12-7-8-14(20)9-13(12)11-23-15-5-3-4-6-15/h7-10,15H,3-6,11H2,1-2H3. The van der Waals surface area contributed by atoms with Crippen molar-refractivity contribution in [2.45, 2.75) is 58.0 Å². The summed E-state index contributed by atoms with van der Waals surface area (Å²) in [6.07, 6.45) is 5.82. The lowest BCUT2D eigenvalue weighted by atomic mass is 10.0. The Morgan fingerprint density at radius 1 is 1.20 bits per heavy atom. The minimum absolute atomic E-state index is 0.175. The summed E-state index contributed by atoms with van der Waals surface area (Å²) in [6, 6.07) is 4.13. The third-order valence-electron chi connectivity index (χ3n) is 4.30. The molecule has 1 aromatic carbocycles. The van der Waals surface area contributed by atoms with Crippen LogP contribution in [0.4, 0.5) is 4.39 Å². The minimum Gasteiger partial charge on any atom is -0.419 e. The smallest absolute Gasteiger partial charge is 0.348 e. The fourth-order valence-corrected chi connectivity index (χ4v) is 3.04. The van der Waals surface area contributed by atoms with Gasteiger partial charge in [-0.25, -0.2) is 14.0 Å². The number of benzene rings is 1. The molecule has 3 rings (SSSR count). The number of esters is 2. The summed E-state index contributed by atoms with van der Waals surface area (Å²) in [7, 11) is 0. The number of hydrogen-bond acceptors (Lipinski definition) is 5. The highest BCUT2D eigenvalue weighted by Gasteiger charge is 2.38. The Hall–Kier alpha value is -2.21. The first-order valence-electron chi connectivity index (χ1n) is 8.42. The molecule has 0 radical (unpaired) electrons. The predicted molar refractivity (Wildman–Crippen MR) is 87.7 cm³/mol. The van der Waals surface area contributed by atoms with Crippen molar-refractivity contribution >= 4 is 18.0 Å². The fraction of sp³-hybridized carbons (Fsp3) is 0.474. The summed E-state index contributed by atoms with van der Waals surface area (Å²) in [5.74, 6) is -3.20. The van der Waals surface area contributed by atoms with Gasteiger partial charge in [-0.05, 0) is 42.2 Å². The topological polar surface area (TPSA) is 61.8 Å². The minimum atomic E-state index is -1.29. The zero-order valence-electron chi connectivity index (χ0n) is 14.3. The number of carbonyl (C=O) groups is 2. The van der Waals surface area contributed by atoms with Crippen LogP contribution < -0.4 is 0 Å². The Labute approximate surface area is 145 Å². The van der Waals surface area contributed by atoms with Crippen molar-refractivity contribution in [3.05, 3.63) is 40.7 Å². The second-order valence-corrected chi connectivity index (χ2v) is 6.80. The Morgan fingerprint density at radius 3 is 2.48 bits per heavy atom. The molecule has 1 aliphatic carbocycles. The SMILES string of the molecule is CC1(C)OC(=O)C(=Cc2ccc(F)cc2COC2CCCC2)C(=O)O1. The highest BCUT2D eigenvalue weighted by Crippen LogP contribution is 2.27. The van der Waals surface area contributed by atoms with E-state index < -0.39 is 23.5 Å². The van der Waals surface area contributed by atoms with Crippen LogP contribution in [0.3, 0.4) is 0 Å². The van der Waals surface area contributed by atoms with Crippen LogP contribution in [0.1, 0.15) is 50.7 Å². The van der Waals surface area contributed by atoms with Crippen molar-refractivity contribution in [2.24, 2.45) is 0 Å². The van der Waals surface area contributed by atoms with Gasteiger partial charge in [0.05, 0.1) is 12.7 Å². The van der Waals surface area contributed by atoms with Gasteiger partial charge in [-0.15, -0.1) is 0 Å². The van der Waals surface area contributed by atoms with Gasteiger partial charge in [-0.3, -0.25) is 0 Å². The number of halogens is 1. The van der Waals surface area contributed by atoms with E-state index in [2.05, 4.69) is 0 Å². The molecule has 25 heavy (non-hydrogen) atoms. The van der Waals surface area contributed by atoms with Crippen molar-refractivity contribution in [1.82, 2.24) is 0 Å². The molecule has 5 nitrogen and oxygen atoms in total. The highest BCUT2D eigenvalue weighted by atomic mass is 19.1. The molecule has 0 spiro atoms. The predicted octanol–water partition coefficient (Wildman–Crippen LogP) is 3.50. The number of rotatable bonds is 4.